The molecule has 6 rings (SSSR count). The highest BCUT2D eigenvalue weighted by atomic mass is 16.2. The number of likely N-dealkylation sites (N-methyl/N-ethyl adjacent to an activating group) is 1. The number of piperidine rings is 2. The summed E-state index contributed by atoms with van der Waals surface area (Å²) in [5.41, 5.74) is 4.28. The van der Waals surface area contributed by atoms with E-state index < -0.39 is 6.04 Å². The van der Waals surface area contributed by atoms with Gasteiger partial charge >= 0.3 is 6.03 Å². The minimum absolute atomic E-state index is 0.0444. The van der Waals surface area contributed by atoms with Crippen LogP contribution < -0.4 is 16.0 Å². The number of urea groups is 1. The van der Waals surface area contributed by atoms with Gasteiger partial charge in [-0.05, 0) is 61.4 Å². The van der Waals surface area contributed by atoms with E-state index in [1.807, 2.05) is 56.4 Å². The number of likely N-dealkylation sites (tertiary alicyclic amines) is 1. The van der Waals surface area contributed by atoms with Crippen LogP contribution in [0.15, 0.2) is 54.7 Å². The number of benzene rings is 2. The number of rotatable bonds is 6. The summed E-state index contributed by atoms with van der Waals surface area (Å²) in [5, 5.41) is 10.6. The summed E-state index contributed by atoms with van der Waals surface area (Å²) in [6, 6.07) is 15.4. The first-order valence-electron chi connectivity index (χ1n) is 15.7. The Balaban J connectivity index is 1.22. The number of aromatic amines is 1. The van der Waals surface area contributed by atoms with Crippen molar-refractivity contribution in [1.29, 1.82) is 0 Å². The zero-order valence-electron chi connectivity index (χ0n) is 25.5. The van der Waals surface area contributed by atoms with Gasteiger partial charge in [-0.1, -0.05) is 49.4 Å². The van der Waals surface area contributed by atoms with E-state index in [2.05, 4.69) is 45.2 Å². The Morgan fingerprint density at radius 2 is 1.79 bits per heavy atom. The third-order valence-corrected chi connectivity index (χ3v) is 10.1. The maximum atomic E-state index is 14.3. The number of hydrogen-bond acceptors (Lipinski definition) is 4. The van der Waals surface area contributed by atoms with Crippen molar-refractivity contribution >= 4 is 28.7 Å². The summed E-state index contributed by atoms with van der Waals surface area (Å²) < 4.78 is 0. The lowest BCUT2D eigenvalue weighted by molar-refractivity contribution is -0.136. The Bertz CT molecular complexity index is 1480. The van der Waals surface area contributed by atoms with E-state index in [9.17, 15) is 14.4 Å². The molecule has 4 N–H and O–H groups in total. The SMILES string of the molecule is C[C@@H](c1c[nH]c2ccccc12)C(NC(=O)NC1CCCNC1)C(=O)N1CCC2(CC1)C[C@@H](C(=O)N(C)C)c1ccccc12. The molecule has 9 heteroatoms. The van der Waals surface area contributed by atoms with E-state index in [1.165, 1.54) is 5.56 Å². The van der Waals surface area contributed by atoms with Crippen molar-refractivity contribution in [3.05, 3.63) is 71.4 Å². The number of amides is 4. The highest BCUT2D eigenvalue weighted by molar-refractivity contribution is 5.90. The van der Waals surface area contributed by atoms with Crippen LogP contribution in [0.3, 0.4) is 0 Å². The molecular weight excluding hydrogens is 540 g/mol. The minimum atomic E-state index is -0.719. The zero-order chi connectivity index (χ0) is 30.1. The molecule has 43 heavy (non-hydrogen) atoms. The molecule has 0 saturated carbocycles. The van der Waals surface area contributed by atoms with E-state index in [-0.39, 0.29) is 41.1 Å². The number of nitrogens with zero attached hydrogens (tertiary/aromatic N) is 2. The first-order chi connectivity index (χ1) is 20.8. The van der Waals surface area contributed by atoms with Crippen LogP contribution >= 0.6 is 0 Å². The lowest BCUT2D eigenvalue weighted by Gasteiger charge is -2.42. The molecule has 2 fully saturated rings. The molecule has 3 aliphatic rings. The predicted octanol–water partition coefficient (Wildman–Crippen LogP) is 3.83. The molecule has 1 aromatic heterocycles. The van der Waals surface area contributed by atoms with E-state index in [1.54, 1.807) is 4.90 Å². The van der Waals surface area contributed by atoms with Crippen molar-refractivity contribution in [1.82, 2.24) is 30.7 Å². The number of para-hydroxylation sites is 1. The molecule has 228 valence electrons. The Morgan fingerprint density at radius 1 is 1.05 bits per heavy atom. The van der Waals surface area contributed by atoms with Crippen molar-refractivity contribution in [3.8, 4) is 0 Å². The van der Waals surface area contributed by atoms with Gasteiger partial charge in [0.05, 0.1) is 5.92 Å². The molecule has 0 bridgehead atoms. The summed E-state index contributed by atoms with van der Waals surface area (Å²) >= 11 is 0. The number of hydrogen-bond donors (Lipinski definition) is 4. The molecule has 1 spiro atoms. The van der Waals surface area contributed by atoms with Gasteiger partial charge in [0.15, 0.2) is 0 Å². The molecule has 2 saturated heterocycles. The molecule has 2 aliphatic heterocycles. The highest BCUT2D eigenvalue weighted by Crippen LogP contribution is 2.52. The van der Waals surface area contributed by atoms with Gasteiger partial charge in [0.25, 0.3) is 0 Å². The van der Waals surface area contributed by atoms with Gasteiger partial charge < -0.3 is 30.7 Å². The average molecular weight is 585 g/mol. The van der Waals surface area contributed by atoms with Crippen LogP contribution in [-0.4, -0.2) is 85.0 Å². The topological polar surface area (TPSA) is 110 Å². The van der Waals surface area contributed by atoms with Gasteiger partial charge in [-0.15, -0.1) is 0 Å². The van der Waals surface area contributed by atoms with Crippen molar-refractivity contribution in [3.63, 3.8) is 0 Å². The third-order valence-electron chi connectivity index (χ3n) is 10.1. The minimum Gasteiger partial charge on any atom is -0.361 e. The molecule has 2 aromatic carbocycles. The molecule has 9 nitrogen and oxygen atoms in total. The van der Waals surface area contributed by atoms with Gasteiger partial charge in [0.2, 0.25) is 11.8 Å². The quantitative estimate of drug-likeness (QED) is 0.353. The monoisotopic (exact) mass is 584 g/mol. The van der Waals surface area contributed by atoms with E-state index >= 15 is 0 Å². The average Bonchev–Trinajstić information content (AvgIpc) is 3.60. The summed E-state index contributed by atoms with van der Waals surface area (Å²) in [6.45, 7) is 4.89. The Labute approximate surface area is 253 Å². The Morgan fingerprint density at radius 3 is 2.53 bits per heavy atom. The highest BCUT2D eigenvalue weighted by Gasteiger charge is 2.49. The van der Waals surface area contributed by atoms with Crippen molar-refractivity contribution in [2.75, 3.05) is 40.3 Å². The van der Waals surface area contributed by atoms with Gasteiger partial charge in [-0.3, -0.25) is 9.59 Å². The second-order valence-corrected chi connectivity index (χ2v) is 12.9. The second-order valence-electron chi connectivity index (χ2n) is 12.9. The van der Waals surface area contributed by atoms with Gasteiger partial charge in [0, 0.05) is 68.2 Å². The fraction of sp³-hybridized carbons (Fsp3) is 0.500. The summed E-state index contributed by atoms with van der Waals surface area (Å²) in [6.07, 6.45) is 6.25. The second kappa shape index (κ2) is 12.0. The van der Waals surface area contributed by atoms with Gasteiger partial charge in [-0.2, -0.15) is 0 Å². The molecule has 1 aliphatic carbocycles. The number of aromatic nitrogens is 1. The summed E-state index contributed by atoms with van der Waals surface area (Å²) in [5.74, 6) is -0.317. The first kappa shape index (κ1) is 29.2. The molecular formula is C34H44N6O3. The predicted molar refractivity (Wildman–Crippen MR) is 168 cm³/mol. The van der Waals surface area contributed by atoms with Crippen LogP contribution in [0.25, 0.3) is 10.9 Å². The number of carbonyl (C=O) groups excluding carboxylic acids is 3. The maximum Gasteiger partial charge on any atom is 0.315 e. The normalized spacial score (nSPS) is 22.5. The van der Waals surface area contributed by atoms with E-state index in [4.69, 9.17) is 0 Å². The lowest BCUT2D eigenvalue weighted by atomic mass is 9.73. The van der Waals surface area contributed by atoms with Crippen molar-refractivity contribution in [2.24, 2.45) is 0 Å². The third kappa shape index (κ3) is 5.62. The number of carbonyl (C=O) groups is 3. The van der Waals surface area contributed by atoms with Crippen LogP contribution in [0.2, 0.25) is 0 Å². The summed E-state index contributed by atoms with van der Waals surface area (Å²) in [4.78, 5) is 47.7. The van der Waals surface area contributed by atoms with Crippen LogP contribution in [0.1, 0.15) is 67.6 Å². The molecule has 0 radical (unpaired) electrons. The largest absolute Gasteiger partial charge is 0.361 e. The molecule has 2 unspecified atom stereocenters. The Kier molecular flexibility index (Phi) is 8.18. The van der Waals surface area contributed by atoms with Crippen LogP contribution in [0, 0.1) is 0 Å². The molecule has 3 aromatic rings. The zero-order valence-corrected chi connectivity index (χ0v) is 25.5. The lowest BCUT2D eigenvalue weighted by Crippen LogP contribution is -2.57. The summed E-state index contributed by atoms with van der Waals surface area (Å²) in [7, 11) is 3.64. The molecule has 4 amide bonds. The Hall–Kier alpha value is -3.85. The number of nitrogens with one attached hydrogen (secondary N) is 4. The fourth-order valence-electron chi connectivity index (χ4n) is 7.65. The van der Waals surface area contributed by atoms with Gasteiger partial charge in [0.1, 0.15) is 6.04 Å². The smallest absolute Gasteiger partial charge is 0.315 e. The van der Waals surface area contributed by atoms with Crippen molar-refractivity contribution < 1.29 is 14.4 Å². The van der Waals surface area contributed by atoms with E-state index in [0.717, 1.165) is 67.2 Å². The van der Waals surface area contributed by atoms with Crippen LogP contribution in [0.4, 0.5) is 4.79 Å². The molecule has 3 heterocycles. The number of H-pyrrole nitrogens is 1. The molecule has 4 atom stereocenters. The van der Waals surface area contributed by atoms with Crippen molar-refractivity contribution in [2.45, 2.75) is 68.4 Å². The maximum absolute atomic E-state index is 14.3. The van der Waals surface area contributed by atoms with Crippen LogP contribution in [0.5, 0.6) is 0 Å². The van der Waals surface area contributed by atoms with Gasteiger partial charge in [-0.25, -0.2) is 4.79 Å². The van der Waals surface area contributed by atoms with E-state index in [0.29, 0.717) is 13.1 Å². The fourth-order valence-corrected chi connectivity index (χ4v) is 7.65. The standard InChI is InChI=1S/C34H44N6O3/c1-22(27-21-36-29-13-7-5-11-25(27)29)30(38-33(43)37-23-9-8-16-35-20-23)32(42)40-17-14-34(15-18-40)19-26(31(41)39(2)3)24-10-4-6-12-28(24)34/h4-7,10-13,21-23,26,30,35-36H,8-9,14-20H2,1-3H3,(H2,37,38,43)/t22-,23?,26+,30?/m0/s1. The first-order valence-corrected chi connectivity index (χ1v) is 15.7. The van der Waals surface area contributed by atoms with Crippen LogP contribution in [-0.2, 0) is 15.0 Å². The number of fused-ring (bicyclic) bond motifs is 3.